The van der Waals surface area contributed by atoms with Gasteiger partial charge in [-0.3, -0.25) is 43.7 Å². The number of fused-ring (bicyclic) bond motifs is 3. The molecule has 2 aromatic carbocycles. The highest BCUT2D eigenvalue weighted by atomic mass is 16.6. The van der Waals surface area contributed by atoms with E-state index in [0.29, 0.717) is 17.7 Å². The van der Waals surface area contributed by atoms with Crippen LogP contribution in [0, 0.1) is 22.0 Å². The van der Waals surface area contributed by atoms with E-state index in [-0.39, 0.29) is 62.0 Å². The number of nitro benzene ring substituents is 1. The maximum atomic E-state index is 15.4. The van der Waals surface area contributed by atoms with Crippen LogP contribution in [0.1, 0.15) is 99.1 Å². The van der Waals surface area contributed by atoms with Crippen LogP contribution in [-0.4, -0.2) is 140 Å². The summed E-state index contributed by atoms with van der Waals surface area (Å²) in [5, 5.41) is 34.3. The smallest absolute Gasteiger partial charge is 0.310 e. The van der Waals surface area contributed by atoms with Crippen molar-refractivity contribution in [2.75, 3.05) is 20.7 Å². The topological polar surface area (TPSA) is 258 Å². The van der Waals surface area contributed by atoms with Crippen LogP contribution in [0.3, 0.4) is 0 Å². The zero-order chi connectivity index (χ0) is 54.5. The first kappa shape index (κ1) is 56.2. The molecule has 20 heteroatoms. The molecule has 20 nitrogen and oxygen atoms in total. The predicted molar refractivity (Wildman–Crippen MR) is 277 cm³/mol. The van der Waals surface area contributed by atoms with Crippen LogP contribution in [0.2, 0.25) is 0 Å². The van der Waals surface area contributed by atoms with Gasteiger partial charge in [0.2, 0.25) is 41.4 Å². The van der Waals surface area contributed by atoms with Crippen LogP contribution < -0.4 is 21.3 Å². The second kappa shape index (κ2) is 23.4. The van der Waals surface area contributed by atoms with Gasteiger partial charge in [0, 0.05) is 56.3 Å². The fraction of sp³-hybridized carbons (Fsp3) is 0.537. The minimum absolute atomic E-state index is 0.0136. The Labute approximate surface area is 432 Å². The molecule has 3 aromatic rings. The van der Waals surface area contributed by atoms with Crippen molar-refractivity contribution in [3.63, 3.8) is 0 Å². The molecule has 0 aliphatic carbocycles. The van der Waals surface area contributed by atoms with Gasteiger partial charge in [0.25, 0.3) is 0 Å². The summed E-state index contributed by atoms with van der Waals surface area (Å²) in [6.07, 6.45) is 6.88. The quantitative estimate of drug-likeness (QED) is 0.0696. The Balaban J connectivity index is 1.50. The summed E-state index contributed by atoms with van der Waals surface area (Å²) in [4.78, 5) is 118. The number of benzene rings is 2. The van der Waals surface area contributed by atoms with Crippen molar-refractivity contribution in [2.24, 2.45) is 11.8 Å². The average Bonchev–Trinajstić information content (AvgIpc) is 4.15. The number of epoxide rings is 1. The minimum Gasteiger partial charge on any atom is -0.502 e. The van der Waals surface area contributed by atoms with Gasteiger partial charge in [-0.2, -0.15) is 0 Å². The third kappa shape index (κ3) is 12.8. The fourth-order valence-corrected chi connectivity index (χ4v) is 9.90. The van der Waals surface area contributed by atoms with Gasteiger partial charge in [-0.25, -0.2) is 0 Å². The van der Waals surface area contributed by atoms with Gasteiger partial charge < -0.3 is 50.4 Å². The Bertz CT molecular complexity index is 2710. The number of nitro groups is 1. The minimum atomic E-state index is -1.50. The summed E-state index contributed by atoms with van der Waals surface area (Å²) in [5.74, 6) is -5.81. The number of ether oxygens (including phenoxy) is 1. The molecule has 0 radical (unpaired) electrons. The normalized spacial score (nSPS) is 25.2. The van der Waals surface area contributed by atoms with E-state index in [4.69, 9.17) is 4.74 Å². The number of nitrogens with one attached hydrogen (secondary N) is 4. The Kier molecular flexibility index (Phi) is 17.8. The lowest BCUT2D eigenvalue weighted by Crippen LogP contribution is -2.60. The van der Waals surface area contributed by atoms with Crippen LogP contribution in [0.5, 0.6) is 5.75 Å². The van der Waals surface area contributed by atoms with E-state index in [1.54, 1.807) is 32.2 Å². The van der Waals surface area contributed by atoms with Gasteiger partial charge in [-0.05, 0) is 95.4 Å². The maximum absolute atomic E-state index is 15.4. The number of rotatable bonds is 13. The van der Waals surface area contributed by atoms with Crippen LogP contribution in [0.15, 0.2) is 72.6 Å². The number of carbonyl (C=O) groups excluding carboxylic acids is 7. The molecule has 3 aliphatic rings. The molecule has 2 bridgehead atoms. The van der Waals surface area contributed by atoms with Crippen molar-refractivity contribution in [1.29, 1.82) is 0 Å². The molecule has 6 rings (SSSR count). The van der Waals surface area contributed by atoms with Gasteiger partial charge in [-0.1, -0.05) is 69.7 Å². The number of hydrogen-bond donors (Lipinski definition) is 5. The first-order valence-electron chi connectivity index (χ1n) is 25.4. The summed E-state index contributed by atoms with van der Waals surface area (Å²) in [5.41, 5.74) is 1.30. The molecular weight excluding hydrogens is 951 g/mol. The molecule has 400 valence electrons. The molecule has 3 aliphatic heterocycles. The number of phenols is 1. The first-order valence-corrected chi connectivity index (χ1v) is 25.4. The Hall–Kier alpha value is -7.09. The molecule has 1 aromatic heterocycles. The zero-order valence-electron chi connectivity index (χ0n) is 44.3. The van der Waals surface area contributed by atoms with Crippen LogP contribution >= 0.6 is 0 Å². The number of hydrogen-bond acceptors (Lipinski definition) is 11. The number of phenolic OH excluding ortho intramolecular Hbond substituents is 1. The molecule has 8 atom stereocenters. The van der Waals surface area contributed by atoms with Crippen LogP contribution in [0.4, 0.5) is 5.69 Å². The fourth-order valence-electron chi connectivity index (χ4n) is 9.90. The van der Waals surface area contributed by atoms with E-state index < -0.39 is 106 Å². The molecule has 74 heavy (non-hydrogen) atoms. The zero-order valence-corrected chi connectivity index (χ0v) is 44.3. The Morgan fingerprint density at radius 1 is 0.811 bits per heavy atom. The highest BCUT2D eigenvalue weighted by Gasteiger charge is 2.44. The van der Waals surface area contributed by atoms with Gasteiger partial charge in [-0.15, -0.1) is 0 Å². The largest absolute Gasteiger partial charge is 0.502 e. The van der Waals surface area contributed by atoms with Crippen molar-refractivity contribution in [1.82, 2.24) is 40.5 Å². The standard InChI is InChI=1S/C54H73N9O11/c1-12-13-17-37-47(65)58-39(26-35-28-62(54(8,9)46-29-74-46)40-18-15-14-16-36(35)40)52(70)59(10)42(21-30(2)3)49(67)57-38(24-34-19-20-45(64)41(25-34)63(72)73)48(66)55-33(7)51(69)60(11)44-23-32(6)27-61(53(44)71)43(22-31(4)5)50(68)56-37/h12-16,18-20,25,27-28,30-31,33,37-39,42-44,46,64H,17,21-24,26,29H2,1-11H3,(H,55,66)(H,56,68)(H,57,67)(H,58,65)/b13-12+/t33-,37-,38-,39-,42-,43-,44-,46?/m0/s1. The van der Waals surface area contributed by atoms with E-state index in [2.05, 4.69) is 39.7 Å². The lowest BCUT2D eigenvalue weighted by atomic mass is 9.95. The molecule has 5 N–H and O–H groups in total. The summed E-state index contributed by atoms with van der Waals surface area (Å²) < 4.78 is 7.86. The van der Waals surface area contributed by atoms with Crippen molar-refractivity contribution >= 4 is 57.9 Å². The van der Waals surface area contributed by atoms with E-state index in [9.17, 15) is 44.0 Å². The number of aromatic nitrogens is 1. The maximum Gasteiger partial charge on any atom is 0.310 e. The third-order valence-corrected chi connectivity index (χ3v) is 14.2. The molecule has 0 spiro atoms. The number of amides is 7. The number of allylic oxidation sites excluding steroid dienone is 1. The molecule has 0 saturated carbocycles. The van der Waals surface area contributed by atoms with Crippen molar-refractivity contribution < 1.29 is 48.3 Å². The van der Waals surface area contributed by atoms with Crippen molar-refractivity contribution in [2.45, 2.75) is 155 Å². The number of aromatic hydroxyl groups is 1. The summed E-state index contributed by atoms with van der Waals surface area (Å²) in [6.45, 7) is 17.1. The number of carbonyl (C=O) groups is 7. The van der Waals surface area contributed by atoms with Gasteiger partial charge in [0.15, 0.2) is 5.75 Å². The number of nitrogens with zero attached hydrogens (tertiary/aromatic N) is 5. The van der Waals surface area contributed by atoms with E-state index in [1.807, 2.05) is 58.2 Å². The first-order chi connectivity index (χ1) is 34.8. The second-order valence-corrected chi connectivity index (χ2v) is 21.4. The van der Waals surface area contributed by atoms with Crippen molar-refractivity contribution in [3.05, 3.63) is 93.8 Å². The predicted octanol–water partition coefficient (Wildman–Crippen LogP) is 4.36. The monoisotopic (exact) mass is 1020 g/mol. The van der Waals surface area contributed by atoms with Gasteiger partial charge in [0.1, 0.15) is 48.4 Å². The molecular formula is C54H73N9O11. The van der Waals surface area contributed by atoms with E-state index in [1.165, 1.54) is 41.8 Å². The molecule has 2 fully saturated rings. The van der Waals surface area contributed by atoms with E-state index >= 15 is 4.79 Å². The molecule has 7 amide bonds. The summed E-state index contributed by atoms with van der Waals surface area (Å²) >= 11 is 0. The SMILES string of the molecule is C/C=C/C[C@@H]1NC(=O)[C@H](CC(C)C)N2C=C(C)C[C@@H](C2=O)N(C)C(=O)[C@H](C)NC(=O)[C@H](Cc2ccc(O)c([N+](=O)[O-])c2)NC(=O)[C@H](CC(C)C)N(C)C(=O)[C@H](Cc2cn(C(C)(C)C3CO3)c3ccccc23)NC1=O. The van der Waals surface area contributed by atoms with Gasteiger partial charge >= 0.3 is 5.69 Å². The van der Waals surface area contributed by atoms with Crippen LogP contribution in [-0.2, 0) is 56.7 Å². The summed E-state index contributed by atoms with van der Waals surface area (Å²) in [7, 11) is 2.85. The van der Waals surface area contributed by atoms with Gasteiger partial charge in [0.05, 0.1) is 17.1 Å². The average molecular weight is 1020 g/mol. The molecule has 2 saturated heterocycles. The Morgan fingerprint density at radius 2 is 1.42 bits per heavy atom. The van der Waals surface area contributed by atoms with Crippen LogP contribution in [0.25, 0.3) is 10.9 Å². The van der Waals surface area contributed by atoms with Crippen molar-refractivity contribution in [3.8, 4) is 5.75 Å². The lowest BCUT2D eigenvalue weighted by Gasteiger charge is -2.39. The number of likely N-dealkylation sites (N-methyl/N-ethyl adjacent to an activating group) is 2. The third-order valence-electron chi connectivity index (χ3n) is 14.2. The molecule has 1 unspecified atom stereocenters. The lowest BCUT2D eigenvalue weighted by molar-refractivity contribution is -0.385. The Morgan fingerprint density at radius 3 is 2.05 bits per heavy atom. The van der Waals surface area contributed by atoms with E-state index in [0.717, 1.165) is 23.0 Å². The highest BCUT2D eigenvalue weighted by Crippen LogP contribution is 2.36. The highest BCUT2D eigenvalue weighted by molar-refractivity contribution is 5.99. The summed E-state index contributed by atoms with van der Waals surface area (Å²) in [6, 6.07) is 2.35. The number of para-hydroxylation sites is 1. The molecule has 4 heterocycles. The second-order valence-electron chi connectivity index (χ2n) is 21.4.